The molecule has 2 atom stereocenters. The van der Waals surface area contributed by atoms with Gasteiger partial charge >= 0.3 is 17.9 Å². The van der Waals surface area contributed by atoms with Gasteiger partial charge in [-0.05, 0) is 38.5 Å². The van der Waals surface area contributed by atoms with Crippen molar-refractivity contribution in [2.45, 2.75) is 322 Å². The number of quaternary nitrogens is 1. The third-order valence-corrected chi connectivity index (χ3v) is 14.8. The van der Waals surface area contributed by atoms with E-state index in [1.54, 1.807) is 6.08 Å². The maximum absolute atomic E-state index is 12.8. The summed E-state index contributed by atoms with van der Waals surface area (Å²) in [6, 6.07) is 0. The van der Waals surface area contributed by atoms with Crippen molar-refractivity contribution < 1.29 is 42.9 Å². The Bertz CT molecular complexity index is 1480. The fourth-order valence-electron chi connectivity index (χ4n) is 9.74. The zero-order valence-corrected chi connectivity index (χ0v) is 52.5. The second-order valence-corrected chi connectivity index (χ2v) is 23.8. The summed E-state index contributed by atoms with van der Waals surface area (Å²) >= 11 is 0. The smallest absolute Gasteiger partial charge is 0.361 e. The van der Waals surface area contributed by atoms with E-state index >= 15 is 0 Å². The molecule has 0 bridgehead atoms. The molecule has 0 saturated carbocycles. The number of aliphatic carboxylic acids is 1. The van der Waals surface area contributed by atoms with Gasteiger partial charge in [-0.15, -0.1) is 0 Å². The van der Waals surface area contributed by atoms with E-state index in [0.717, 1.165) is 44.9 Å². The SMILES string of the molecule is CC/C=C\C/C=C\C/C=C\C/C=C\C/C=C\CC(=O)OC(COC(=O)CCCCCCCCCCCCCCCCCCCCCCCCCCCCCCCCCCCCCCCCC)COC(OCC[N+](C)(C)C)C(=O)O. The van der Waals surface area contributed by atoms with Crippen molar-refractivity contribution in [1.29, 1.82) is 0 Å². The zero-order valence-electron chi connectivity index (χ0n) is 52.5. The Hall–Kier alpha value is -3.01. The Balaban J connectivity index is 3.95. The predicted octanol–water partition coefficient (Wildman–Crippen LogP) is 20.4. The van der Waals surface area contributed by atoms with Crippen molar-refractivity contribution in [3.8, 4) is 0 Å². The van der Waals surface area contributed by atoms with Crippen LogP contribution >= 0.6 is 0 Å². The topological polar surface area (TPSA) is 108 Å². The fourth-order valence-corrected chi connectivity index (χ4v) is 9.74. The molecule has 0 aromatic heterocycles. The third kappa shape index (κ3) is 62.4. The van der Waals surface area contributed by atoms with E-state index in [1.807, 2.05) is 33.3 Å². The Morgan fingerprint density at radius 3 is 1.03 bits per heavy atom. The van der Waals surface area contributed by atoms with Crippen LogP contribution in [-0.2, 0) is 33.3 Å². The molecule has 0 amide bonds. The summed E-state index contributed by atoms with van der Waals surface area (Å²) in [5, 5.41) is 9.69. The normalized spacial score (nSPS) is 13.1. The first-order valence-corrected chi connectivity index (χ1v) is 33.5. The number of carbonyl (C=O) groups is 3. The molecule has 2 unspecified atom stereocenters. The molecule has 0 aromatic carbocycles. The van der Waals surface area contributed by atoms with E-state index in [2.05, 4.69) is 56.4 Å². The number of unbranched alkanes of at least 4 members (excludes halogenated alkanes) is 38. The van der Waals surface area contributed by atoms with Gasteiger partial charge in [0.05, 0.1) is 40.8 Å². The van der Waals surface area contributed by atoms with Gasteiger partial charge in [0.25, 0.3) is 6.29 Å². The van der Waals surface area contributed by atoms with Crippen molar-refractivity contribution in [1.82, 2.24) is 0 Å². The Labute approximate surface area is 488 Å². The van der Waals surface area contributed by atoms with Crippen molar-refractivity contribution in [2.24, 2.45) is 0 Å². The van der Waals surface area contributed by atoms with E-state index in [4.69, 9.17) is 18.9 Å². The largest absolute Gasteiger partial charge is 0.477 e. The Morgan fingerprint density at radius 1 is 0.392 bits per heavy atom. The highest BCUT2D eigenvalue weighted by Crippen LogP contribution is 2.18. The van der Waals surface area contributed by atoms with Gasteiger partial charge in [-0.1, -0.05) is 319 Å². The lowest BCUT2D eigenvalue weighted by Crippen LogP contribution is -2.40. The first kappa shape index (κ1) is 76.0. The molecule has 0 aliphatic rings. The number of carboxylic acids is 1. The second kappa shape index (κ2) is 61.1. The highest BCUT2D eigenvalue weighted by atomic mass is 16.7. The third-order valence-electron chi connectivity index (χ3n) is 14.8. The van der Waals surface area contributed by atoms with Gasteiger partial charge in [0.15, 0.2) is 6.10 Å². The molecule has 0 aliphatic carbocycles. The molecule has 0 spiro atoms. The summed E-state index contributed by atoms with van der Waals surface area (Å²) in [6.07, 6.45) is 76.9. The van der Waals surface area contributed by atoms with Crippen LogP contribution in [0.25, 0.3) is 0 Å². The first-order chi connectivity index (χ1) is 38.6. The molecule has 0 fully saturated rings. The van der Waals surface area contributed by atoms with Crippen molar-refractivity contribution in [2.75, 3.05) is 47.5 Å². The molecule has 1 N–H and O–H groups in total. The van der Waals surface area contributed by atoms with Gasteiger partial charge in [-0.25, -0.2) is 4.79 Å². The number of hydrogen-bond acceptors (Lipinski definition) is 7. The van der Waals surface area contributed by atoms with Crippen LogP contribution < -0.4 is 0 Å². The number of carbonyl (C=O) groups excluding carboxylic acids is 2. The summed E-state index contributed by atoms with van der Waals surface area (Å²) in [5.74, 6) is -2.16. The van der Waals surface area contributed by atoms with Crippen molar-refractivity contribution in [3.05, 3.63) is 60.8 Å². The molecule has 0 aromatic rings. The summed E-state index contributed by atoms with van der Waals surface area (Å²) < 4.78 is 22.7. The molecular formula is C70H128NO8+. The standard InChI is InChI=1S/C70H127NO8/c1-6-8-10-12-14-16-18-20-22-23-24-25-26-27-28-29-30-31-32-33-34-35-36-37-38-39-40-41-42-43-44-45-47-48-50-52-54-56-58-60-67(72)77-64-66(65-78-70(69(74)75)76-63-62-71(3,4)5)79-68(73)61-59-57-55-53-51-49-46-21-19-17-15-13-11-9-7-2/h9,11,15,17,21,46,51,53,57,59,66,70H,6-8,10,12-14,16,18-20,22-45,47-50,52,54-56,58,60-65H2,1-5H3/p+1/b11-9-,17-15-,46-21-,53-51-,59-57-. The van der Waals surface area contributed by atoms with Crippen LogP contribution in [0, 0.1) is 0 Å². The van der Waals surface area contributed by atoms with E-state index in [1.165, 1.54) is 231 Å². The molecule has 460 valence electrons. The monoisotopic (exact) mass is 1110 g/mol. The number of hydrogen-bond donors (Lipinski definition) is 1. The summed E-state index contributed by atoms with van der Waals surface area (Å²) in [4.78, 5) is 37.3. The van der Waals surface area contributed by atoms with Gasteiger partial charge in [-0.2, -0.15) is 0 Å². The van der Waals surface area contributed by atoms with Crippen LogP contribution in [0.3, 0.4) is 0 Å². The molecular weight excluding hydrogens is 983 g/mol. The maximum atomic E-state index is 12.8. The average Bonchev–Trinajstić information content (AvgIpc) is 3.42. The lowest BCUT2D eigenvalue weighted by atomic mass is 10.0. The van der Waals surface area contributed by atoms with Crippen LogP contribution in [0.2, 0.25) is 0 Å². The minimum atomic E-state index is -1.54. The van der Waals surface area contributed by atoms with E-state index < -0.39 is 24.3 Å². The molecule has 0 radical (unpaired) electrons. The van der Waals surface area contributed by atoms with Gasteiger partial charge in [0.1, 0.15) is 13.2 Å². The van der Waals surface area contributed by atoms with E-state index in [0.29, 0.717) is 17.4 Å². The molecule has 0 rings (SSSR count). The van der Waals surface area contributed by atoms with Crippen LogP contribution in [0.1, 0.15) is 309 Å². The molecule has 0 heterocycles. The zero-order chi connectivity index (χ0) is 57.6. The first-order valence-electron chi connectivity index (χ1n) is 33.5. The Kier molecular flexibility index (Phi) is 58.7. The highest BCUT2D eigenvalue weighted by molar-refractivity contribution is 5.72. The fraction of sp³-hybridized carbons (Fsp3) is 0.814. The van der Waals surface area contributed by atoms with Crippen LogP contribution in [0.4, 0.5) is 0 Å². The molecule has 0 saturated heterocycles. The average molecular weight is 1110 g/mol. The van der Waals surface area contributed by atoms with Gasteiger partial charge in [-0.3, -0.25) is 9.59 Å². The van der Waals surface area contributed by atoms with Crippen LogP contribution in [0.15, 0.2) is 60.8 Å². The maximum Gasteiger partial charge on any atom is 0.361 e. The number of allylic oxidation sites excluding steroid dienone is 9. The van der Waals surface area contributed by atoms with Crippen LogP contribution in [-0.4, -0.2) is 87.4 Å². The van der Waals surface area contributed by atoms with E-state index in [9.17, 15) is 19.5 Å². The minimum Gasteiger partial charge on any atom is -0.477 e. The van der Waals surface area contributed by atoms with Crippen LogP contribution in [0.5, 0.6) is 0 Å². The number of nitrogens with zero attached hydrogens (tertiary/aromatic N) is 1. The van der Waals surface area contributed by atoms with Gasteiger partial charge < -0.3 is 28.5 Å². The second-order valence-electron chi connectivity index (χ2n) is 23.8. The lowest BCUT2D eigenvalue weighted by molar-refractivity contribution is -0.870. The summed E-state index contributed by atoms with van der Waals surface area (Å²) in [5.41, 5.74) is 0. The molecule has 79 heavy (non-hydrogen) atoms. The van der Waals surface area contributed by atoms with Gasteiger partial charge in [0, 0.05) is 6.42 Å². The molecule has 0 aliphatic heterocycles. The predicted molar refractivity (Wildman–Crippen MR) is 336 cm³/mol. The Morgan fingerprint density at radius 2 is 0.709 bits per heavy atom. The molecule has 9 heteroatoms. The van der Waals surface area contributed by atoms with E-state index in [-0.39, 0.29) is 38.6 Å². The number of esters is 2. The number of likely N-dealkylation sites (N-methyl/N-ethyl adjacent to an activating group) is 1. The quantitative estimate of drug-likeness (QED) is 0.0211. The lowest BCUT2D eigenvalue weighted by Gasteiger charge is -2.25. The van der Waals surface area contributed by atoms with Crippen molar-refractivity contribution in [3.63, 3.8) is 0 Å². The summed E-state index contributed by atoms with van der Waals surface area (Å²) in [6.45, 7) is 4.68. The number of ether oxygens (including phenoxy) is 4. The number of rotatable bonds is 62. The molecule has 9 nitrogen and oxygen atoms in total. The summed E-state index contributed by atoms with van der Waals surface area (Å²) in [7, 11) is 5.94. The highest BCUT2D eigenvalue weighted by Gasteiger charge is 2.25. The number of carboxylic acid groups (broad SMARTS) is 1. The van der Waals surface area contributed by atoms with Crippen molar-refractivity contribution >= 4 is 17.9 Å². The minimum absolute atomic E-state index is 0.0279. The van der Waals surface area contributed by atoms with Gasteiger partial charge in [0.2, 0.25) is 0 Å².